The SMILES string of the molecule is CCOc1ccc(/C(O)=C2\C(=O)C(=O)N(CCN(CC)CC)C2c2ccc(OCc3ccccc3)c(OCC)c2)cc1. The summed E-state index contributed by atoms with van der Waals surface area (Å²) in [5, 5.41) is 11.5. The summed E-state index contributed by atoms with van der Waals surface area (Å²) in [5.74, 6) is 0.125. The fourth-order valence-electron chi connectivity index (χ4n) is 5.09. The number of carbonyl (C=O) groups is 2. The zero-order chi connectivity index (χ0) is 30.1. The molecule has 1 aliphatic rings. The molecule has 42 heavy (non-hydrogen) atoms. The van der Waals surface area contributed by atoms with E-state index in [2.05, 4.69) is 18.7 Å². The third-order valence-electron chi connectivity index (χ3n) is 7.35. The fourth-order valence-corrected chi connectivity index (χ4v) is 5.09. The average Bonchev–Trinajstić information content (AvgIpc) is 3.27. The van der Waals surface area contributed by atoms with Crippen molar-refractivity contribution in [3.8, 4) is 17.2 Å². The number of Topliss-reactive ketones (excluding diaryl/α,β-unsaturated/α-hetero) is 1. The van der Waals surface area contributed by atoms with Gasteiger partial charge in [0, 0.05) is 18.7 Å². The van der Waals surface area contributed by atoms with Gasteiger partial charge in [-0.25, -0.2) is 0 Å². The summed E-state index contributed by atoms with van der Waals surface area (Å²) in [4.78, 5) is 30.7. The summed E-state index contributed by atoms with van der Waals surface area (Å²) < 4.78 is 17.6. The highest BCUT2D eigenvalue weighted by Crippen LogP contribution is 2.42. The first-order chi connectivity index (χ1) is 20.4. The van der Waals surface area contributed by atoms with E-state index in [1.165, 1.54) is 0 Å². The number of nitrogens with zero attached hydrogens (tertiary/aromatic N) is 2. The molecule has 1 amide bonds. The smallest absolute Gasteiger partial charge is 0.295 e. The van der Waals surface area contributed by atoms with Crippen molar-refractivity contribution in [3.05, 3.63) is 95.1 Å². The van der Waals surface area contributed by atoms with E-state index in [9.17, 15) is 14.7 Å². The van der Waals surface area contributed by atoms with Crippen LogP contribution < -0.4 is 14.2 Å². The largest absolute Gasteiger partial charge is 0.507 e. The Balaban J connectivity index is 1.76. The summed E-state index contributed by atoms with van der Waals surface area (Å²) in [7, 11) is 0. The molecule has 8 heteroatoms. The van der Waals surface area contributed by atoms with Crippen molar-refractivity contribution in [2.24, 2.45) is 0 Å². The molecule has 1 unspecified atom stereocenters. The lowest BCUT2D eigenvalue weighted by Crippen LogP contribution is -2.38. The Morgan fingerprint density at radius 1 is 0.833 bits per heavy atom. The summed E-state index contributed by atoms with van der Waals surface area (Å²) in [5.41, 5.74) is 2.14. The van der Waals surface area contributed by atoms with E-state index >= 15 is 0 Å². The van der Waals surface area contributed by atoms with Gasteiger partial charge in [0.15, 0.2) is 11.5 Å². The van der Waals surface area contributed by atoms with Gasteiger partial charge in [0.2, 0.25) is 0 Å². The molecule has 0 radical (unpaired) electrons. The molecule has 8 nitrogen and oxygen atoms in total. The predicted octanol–water partition coefficient (Wildman–Crippen LogP) is 5.83. The highest BCUT2D eigenvalue weighted by atomic mass is 16.5. The van der Waals surface area contributed by atoms with Crippen molar-refractivity contribution >= 4 is 17.4 Å². The van der Waals surface area contributed by atoms with Crippen molar-refractivity contribution < 1.29 is 28.9 Å². The van der Waals surface area contributed by atoms with Crippen LogP contribution in [0.1, 0.15) is 50.4 Å². The first kappa shape index (κ1) is 30.7. The van der Waals surface area contributed by atoms with Gasteiger partial charge in [-0.1, -0.05) is 50.2 Å². The van der Waals surface area contributed by atoms with Crippen LogP contribution in [0.4, 0.5) is 0 Å². The van der Waals surface area contributed by atoms with Gasteiger partial charge in [0.05, 0.1) is 24.8 Å². The van der Waals surface area contributed by atoms with Gasteiger partial charge >= 0.3 is 0 Å². The number of hydrogen-bond donors (Lipinski definition) is 1. The quantitative estimate of drug-likeness (QED) is 0.148. The molecule has 0 aliphatic carbocycles. The lowest BCUT2D eigenvalue weighted by atomic mass is 9.95. The van der Waals surface area contributed by atoms with E-state index in [1.54, 1.807) is 41.3 Å². The van der Waals surface area contributed by atoms with E-state index in [0.717, 1.165) is 18.7 Å². The molecule has 3 aromatic carbocycles. The Labute approximate surface area is 248 Å². The third-order valence-corrected chi connectivity index (χ3v) is 7.35. The molecule has 1 heterocycles. The lowest BCUT2D eigenvalue weighted by Gasteiger charge is -2.28. The van der Waals surface area contributed by atoms with Crippen LogP contribution in [0.15, 0.2) is 78.4 Å². The molecule has 222 valence electrons. The zero-order valence-corrected chi connectivity index (χ0v) is 24.8. The van der Waals surface area contributed by atoms with Crippen LogP contribution in [0.25, 0.3) is 5.76 Å². The van der Waals surface area contributed by atoms with Gasteiger partial charge in [0.1, 0.15) is 18.1 Å². The second-order valence-corrected chi connectivity index (χ2v) is 9.89. The van der Waals surface area contributed by atoms with E-state index in [0.29, 0.717) is 61.3 Å². The van der Waals surface area contributed by atoms with Crippen molar-refractivity contribution in [1.82, 2.24) is 9.80 Å². The fraction of sp³-hybridized carbons (Fsp3) is 0.353. The third kappa shape index (κ3) is 6.94. The number of hydrogen-bond acceptors (Lipinski definition) is 7. The Morgan fingerprint density at radius 3 is 2.17 bits per heavy atom. The van der Waals surface area contributed by atoms with Crippen LogP contribution >= 0.6 is 0 Å². The minimum absolute atomic E-state index is 0.0455. The molecular formula is C34H40N2O6. The highest BCUT2D eigenvalue weighted by molar-refractivity contribution is 6.46. The number of benzene rings is 3. The lowest BCUT2D eigenvalue weighted by molar-refractivity contribution is -0.140. The molecule has 1 aliphatic heterocycles. The van der Waals surface area contributed by atoms with Gasteiger partial charge < -0.3 is 29.1 Å². The first-order valence-electron chi connectivity index (χ1n) is 14.6. The number of amides is 1. The highest BCUT2D eigenvalue weighted by Gasteiger charge is 2.46. The number of aliphatic hydroxyl groups is 1. The maximum atomic E-state index is 13.5. The van der Waals surface area contributed by atoms with Gasteiger partial charge in [-0.3, -0.25) is 9.59 Å². The van der Waals surface area contributed by atoms with Crippen molar-refractivity contribution in [2.75, 3.05) is 39.4 Å². The topological polar surface area (TPSA) is 88.5 Å². The number of carbonyl (C=O) groups excluding carboxylic acids is 2. The molecule has 1 saturated heterocycles. The number of rotatable bonds is 14. The zero-order valence-electron chi connectivity index (χ0n) is 24.8. The summed E-state index contributed by atoms with van der Waals surface area (Å²) >= 11 is 0. The maximum Gasteiger partial charge on any atom is 0.295 e. The second-order valence-electron chi connectivity index (χ2n) is 9.89. The Morgan fingerprint density at radius 2 is 1.52 bits per heavy atom. The van der Waals surface area contributed by atoms with Crippen LogP contribution in [0.3, 0.4) is 0 Å². The minimum atomic E-state index is -0.797. The molecular weight excluding hydrogens is 532 g/mol. The predicted molar refractivity (Wildman–Crippen MR) is 163 cm³/mol. The van der Waals surface area contributed by atoms with Gasteiger partial charge in [-0.2, -0.15) is 0 Å². The maximum absolute atomic E-state index is 13.5. The van der Waals surface area contributed by atoms with Gasteiger partial charge in [-0.15, -0.1) is 0 Å². The average molecular weight is 573 g/mol. The van der Waals surface area contributed by atoms with Crippen LogP contribution in [0, 0.1) is 0 Å². The van der Waals surface area contributed by atoms with Crippen molar-refractivity contribution in [1.29, 1.82) is 0 Å². The van der Waals surface area contributed by atoms with Crippen molar-refractivity contribution in [2.45, 2.75) is 40.3 Å². The summed E-state index contributed by atoms with van der Waals surface area (Å²) in [6, 6.07) is 21.3. The summed E-state index contributed by atoms with van der Waals surface area (Å²) in [6.07, 6.45) is 0. The second kappa shape index (κ2) is 14.5. The first-order valence-corrected chi connectivity index (χ1v) is 14.6. The van der Waals surface area contributed by atoms with E-state index < -0.39 is 17.7 Å². The molecule has 0 spiro atoms. The normalized spacial score (nSPS) is 16.2. The number of likely N-dealkylation sites (tertiary alicyclic amines) is 1. The molecule has 0 saturated carbocycles. The monoisotopic (exact) mass is 572 g/mol. The standard InChI is InChI=1S/C34H40N2O6/c1-5-35(6-2)20-21-36-31(30(33(38)34(36)39)32(37)25-14-17-27(18-15-25)40-7-3)26-16-19-28(29(22-26)41-8-4)42-23-24-12-10-9-11-13-24/h9-19,22,31,37H,5-8,20-21,23H2,1-4H3/b32-30+. The molecule has 1 atom stereocenters. The Kier molecular flexibility index (Phi) is 10.6. The molecule has 4 rings (SSSR count). The van der Waals surface area contributed by atoms with Crippen LogP contribution in [0.2, 0.25) is 0 Å². The van der Waals surface area contributed by atoms with Crippen LogP contribution in [-0.4, -0.2) is 66.0 Å². The molecule has 1 fully saturated rings. The number of ether oxygens (including phenoxy) is 3. The molecule has 0 bridgehead atoms. The minimum Gasteiger partial charge on any atom is -0.507 e. The van der Waals surface area contributed by atoms with Gasteiger partial charge in [-0.05, 0) is 74.5 Å². The number of likely N-dealkylation sites (N-methyl/N-ethyl adjacent to an activating group) is 1. The van der Waals surface area contributed by atoms with Gasteiger partial charge in [0.25, 0.3) is 11.7 Å². The number of aliphatic hydroxyl groups excluding tert-OH is 1. The molecule has 3 aromatic rings. The van der Waals surface area contributed by atoms with E-state index in [4.69, 9.17) is 14.2 Å². The Bertz CT molecular complexity index is 1380. The van der Waals surface area contributed by atoms with Crippen molar-refractivity contribution in [3.63, 3.8) is 0 Å². The van der Waals surface area contributed by atoms with E-state index in [-0.39, 0.29) is 11.3 Å². The Hall–Kier alpha value is -4.30. The van der Waals surface area contributed by atoms with Crippen LogP contribution in [0.5, 0.6) is 17.2 Å². The molecule has 1 N–H and O–H groups in total. The number of ketones is 1. The van der Waals surface area contributed by atoms with Crippen LogP contribution in [-0.2, 0) is 16.2 Å². The summed E-state index contributed by atoms with van der Waals surface area (Å²) in [6.45, 7) is 11.7. The molecule has 0 aromatic heterocycles. The van der Waals surface area contributed by atoms with E-state index in [1.807, 2.05) is 50.2 Å².